The van der Waals surface area contributed by atoms with Crippen LogP contribution >= 0.6 is 11.3 Å². The Kier molecular flexibility index (Phi) is 4.26. The molecule has 0 unspecified atom stereocenters. The third-order valence-corrected chi connectivity index (χ3v) is 3.36. The van der Waals surface area contributed by atoms with Crippen molar-refractivity contribution in [3.05, 3.63) is 11.1 Å². The summed E-state index contributed by atoms with van der Waals surface area (Å²) < 4.78 is 35.7. The first-order chi connectivity index (χ1) is 9.33. The fraction of sp³-hybridized carbons (Fsp3) is 0.545. The maximum absolute atomic E-state index is 11.9. The molecule has 0 spiro atoms. The van der Waals surface area contributed by atoms with E-state index in [9.17, 15) is 22.8 Å². The molecule has 20 heavy (non-hydrogen) atoms. The van der Waals surface area contributed by atoms with Gasteiger partial charge in [-0.1, -0.05) is 0 Å². The first-order valence-corrected chi connectivity index (χ1v) is 6.80. The van der Waals surface area contributed by atoms with E-state index in [1.54, 1.807) is 5.32 Å². The second kappa shape index (κ2) is 5.78. The van der Waals surface area contributed by atoms with Crippen LogP contribution in [0.1, 0.15) is 18.5 Å². The Morgan fingerprint density at radius 3 is 2.70 bits per heavy atom. The van der Waals surface area contributed by atoms with Crippen LogP contribution in [0.25, 0.3) is 0 Å². The fourth-order valence-electron chi connectivity index (χ4n) is 1.42. The van der Waals surface area contributed by atoms with E-state index in [0.717, 1.165) is 24.2 Å². The van der Waals surface area contributed by atoms with Gasteiger partial charge in [0.05, 0.1) is 12.1 Å². The molecule has 9 heteroatoms. The number of anilines is 1. The van der Waals surface area contributed by atoms with Gasteiger partial charge in [0.1, 0.15) is 6.54 Å². The van der Waals surface area contributed by atoms with Crippen LogP contribution in [0.3, 0.4) is 0 Å². The first-order valence-electron chi connectivity index (χ1n) is 5.92. The molecule has 1 heterocycles. The van der Waals surface area contributed by atoms with E-state index in [-0.39, 0.29) is 18.2 Å². The van der Waals surface area contributed by atoms with Crippen LogP contribution in [0.5, 0.6) is 0 Å². The number of halogens is 3. The molecule has 0 saturated heterocycles. The van der Waals surface area contributed by atoms with Crippen molar-refractivity contribution in [1.82, 2.24) is 10.3 Å². The monoisotopic (exact) mass is 307 g/mol. The van der Waals surface area contributed by atoms with Crippen LogP contribution in [-0.2, 0) is 16.0 Å². The lowest BCUT2D eigenvalue weighted by molar-refractivity contribution is -0.138. The molecule has 1 aromatic heterocycles. The van der Waals surface area contributed by atoms with Crippen molar-refractivity contribution in [2.45, 2.75) is 25.4 Å². The molecule has 2 rings (SSSR count). The van der Waals surface area contributed by atoms with Crippen LogP contribution in [0.4, 0.5) is 18.3 Å². The highest BCUT2D eigenvalue weighted by atomic mass is 32.1. The molecule has 0 aliphatic heterocycles. The predicted octanol–water partition coefficient (Wildman–Crippen LogP) is 1.71. The Balaban J connectivity index is 1.79. The summed E-state index contributed by atoms with van der Waals surface area (Å²) in [6.45, 7) is -1.36. The lowest BCUT2D eigenvalue weighted by Gasteiger charge is -2.07. The molecule has 110 valence electrons. The van der Waals surface area contributed by atoms with Crippen molar-refractivity contribution in [1.29, 1.82) is 0 Å². The van der Waals surface area contributed by atoms with Crippen molar-refractivity contribution >= 4 is 28.3 Å². The van der Waals surface area contributed by atoms with Crippen molar-refractivity contribution < 1.29 is 22.8 Å². The molecule has 0 bridgehead atoms. The van der Waals surface area contributed by atoms with E-state index < -0.39 is 18.6 Å². The number of nitrogens with zero attached hydrogens (tertiary/aromatic N) is 1. The molecule has 1 saturated carbocycles. The number of carbonyl (C=O) groups excluding carboxylic acids is 2. The van der Waals surface area contributed by atoms with E-state index in [4.69, 9.17) is 0 Å². The van der Waals surface area contributed by atoms with Gasteiger partial charge >= 0.3 is 6.18 Å². The maximum atomic E-state index is 11.9. The molecule has 2 N–H and O–H groups in total. The lowest BCUT2D eigenvalue weighted by atomic mass is 10.3. The Labute approximate surface area is 116 Å². The summed E-state index contributed by atoms with van der Waals surface area (Å²) in [5.41, 5.74) is 0.334. The average Bonchev–Trinajstić information content (AvgIpc) is 3.10. The second-order valence-corrected chi connectivity index (χ2v) is 5.33. The number of thiazole rings is 1. The molecule has 1 fully saturated rings. The van der Waals surface area contributed by atoms with Crippen molar-refractivity contribution in [3.63, 3.8) is 0 Å². The summed E-state index contributed by atoms with van der Waals surface area (Å²) in [6.07, 6.45) is -2.94. The van der Waals surface area contributed by atoms with E-state index in [1.165, 1.54) is 5.38 Å². The van der Waals surface area contributed by atoms with Gasteiger partial charge in [-0.3, -0.25) is 9.59 Å². The topological polar surface area (TPSA) is 71.1 Å². The minimum Gasteiger partial charge on any atom is -0.347 e. The number of aromatic nitrogens is 1. The quantitative estimate of drug-likeness (QED) is 0.870. The summed E-state index contributed by atoms with van der Waals surface area (Å²) in [7, 11) is 0. The van der Waals surface area contributed by atoms with Gasteiger partial charge in [0.15, 0.2) is 5.13 Å². The molecule has 0 atom stereocenters. The Morgan fingerprint density at radius 1 is 1.40 bits per heavy atom. The first kappa shape index (κ1) is 14.8. The maximum Gasteiger partial charge on any atom is 0.405 e. The number of nitrogens with one attached hydrogen (secondary N) is 2. The van der Waals surface area contributed by atoms with Crippen molar-refractivity contribution in [3.8, 4) is 0 Å². The number of hydrogen-bond acceptors (Lipinski definition) is 4. The zero-order valence-electron chi connectivity index (χ0n) is 10.3. The largest absolute Gasteiger partial charge is 0.405 e. The molecule has 0 aromatic carbocycles. The van der Waals surface area contributed by atoms with Gasteiger partial charge in [-0.2, -0.15) is 13.2 Å². The molecule has 1 aromatic rings. The standard InChI is InChI=1S/C11H12F3N3O2S/c12-11(13,14)5-15-8(18)3-7-4-20-10(16-7)17-9(19)6-1-2-6/h4,6H,1-3,5H2,(H,15,18)(H,16,17,19). The van der Waals surface area contributed by atoms with E-state index in [0.29, 0.717) is 10.8 Å². The molecular weight excluding hydrogens is 295 g/mol. The average molecular weight is 307 g/mol. The zero-order valence-corrected chi connectivity index (χ0v) is 11.1. The number of alkyl halides is 3. The highest BCUT2D eigenvalue weighted by molar-refractivity contribution is 7.13. The van der Waals surface area contributed by atoms with Gasteiger partial charge in [0.25, 0.3) is 0 Å². The van der Waals surface area contributed by atoms with E-state index >= 15 is 0 Å². The van der Waals surface area contributed by atoms with Crippen LogP contribution in [0.15, 0.2) is 5.38 Å². The minimum atomic E-state index is -4.43. The highest BCUT2D eigenvalue weighted by Gasteiger charge is 2.30. The SMILES string of the molecule is O=C(Cc1csc(NC(=O)C2CC2)n1)NCC(F)(F)F. The smallest absolute Gasteiger partial charge is 0.347 e. The molecule has 5 nitrogen and oxygen atoms in total. The van der Waals surface area contributed by atoms with Gasteiger partial charge in [-0.25, -0.2) is 4.98 Å². The summed E-state index contributed by atoms with van der Waals surface area (Å²) in [4.78, 5) is 26.7. The normalized spacial score (nSPS) is 14.9. The molecule has 1 aliphatic rings. The molecule has 1 aliphatic carbocycles. The van der Waals surface area contributed by atoms with Gasteiger partial charge < -0.3 is 10.6 Å². The number of carbonyl (C=O) groups is 2. The molecule has 0 radical (unpaired) electrons. The Morgan fingerprint density at radius 2 is 2.10 bits per heavy atom. The molecule has 2 amide bonds. The highest BCUT2D eigenvalue weighted by Crippen LogP contribution is 2.30. The Hall–Kier alpha value is -1.64. The minimum absolute atomic E-state index is 0.0393. The number of amides is 2. The summed E-state index contributed by atoms with van der Waals surface area (Å²) >= 11 is 1.14. The van der Waals surface area contributed by atoms with Crippen molar-refractivity contribution in [2.24, 2.45) is 5.92 Å². The van der Waals surface area contributed by atoms with Gasteiger partial charge in [-0.05, 0) is 12.8 Å². The fourth-order valence-corrected chi connectivity index (χ4v) is 2.14. The van der Waals surface area contributed by atoms with Gasteiger partial charge in [-0.15, -0.1) is 11.3 Å². The number of rotatable bonds is 5. The zero-order chi connectivity index (χ0) is 14.8. The van der Waals surface area contributed by atoms with E-state index in [2.05, 4.69) is 10.3 Å². The third kappa shape index (κ3) is 4.80. The summed E-state index contributed by atoms with van der Waals surface area (Å²) in [5.74, 6) is -0.822. The number of hydrogen-bond donors (Lipinski definition) is 2. The van der Waals surface area contributed by atoms with Crippen LogP contribution < -0.4 is 10.6 Å². The second-order valence-electron chi connectivity index (χ2n) is 4.48. The third-order valence-electron chi connectivity index (χ3n) is 2.56. The van der Waals surface area contributed by atoms with Crippen molar-refractivity contribution in [2.75, 3.05) is 11.9 Å². The molecular formula is C11H12F3N3O2S. The summed E-state index contributed by atoms with van der Waals surface area (Å²) in [5, 5.41) is 6.27. The van der Waals surface area contributed by atoms with E-state index in [1.807, 2.05) is 0 Å². The predicted molar refractivity (Wildman–Crippen MR) is 66.2 cm³/mol. The van der Waals surface area contributed by atoms with Crippen LogP contribution in [-0.4, -0.2) is 29.5 Å². The Bertz CT molecular complexity index is 511. The summed E-state index contributed by atoms with van der Waals surface area (Å²) in [6, 6.07) is 0. The van der Waals surface area contributed by atoms with Gasteiger partial charge in [0, 0.05) is 11.3 Å². The van der Waals surface area contributed by atoms with Crippen LogP contribution in [0.2, 0.25) is 0 Å². The lowest BCUT2D eigenvalue weighted by Crippen LogP contribution is -2.34. The van der Waals surface area contributed by atoms with Crippen LogP contribution in [0, 0.1) is 5.92 Å². The van der Waals surface area contributed by atoms with Gasteiger partial charge in [0.2, 0.25) is 11.8 Å².